The number of aryl methyl sites for hydroxylation is 1. The normalized spacial score (nSPS) is 13.8. The van der Waals surface area contributed by atoms with Gasteiger partial charge in [-0.3, -0.25) is 15.0 Å². The van der Waals surface area contributed by atoms with E-state index in [0.717, 1.165) is 37.2 Å². The van der Waals surface area contributed by atoms with Crippen molar-refractivity contribution in [2.75, 3.05) is 23.7 Å². The number of hydrazine groups is 1. The van der Waals surface area contributed by atoms with Crippen LogP contribution in [-0.2, 0) is 0 Å². The molecular weight excluding hydrogens is 418 g/mol. The van der Waals surface area contributed by atoms with Gasteiger partial charge in [0.25, 0.3) is 11.8 Å². The Bertz CT molecular complexity index is 1140. The smallest absolute Gasteiger partial charge is 0.265 e. The second-order valence-electron chi connectivity index (χ2n) is 8.01. The van der Waals surface area contributed by atoms with Gasteiger partial charge in [0, 0.05) is 36.2 Å². The number of nitrogens with two attached hydrogens (primary N) is 1. The van der Waals surface area contributed by atoms with Gasteiger partial charge in [-0.05, 0) is 61.7 Å². The Balaban J connectivity index is 1.46. The van der Waals surface area contributed by atoms with E-state index in [1.54, 1.807) is 24.3 Å². The summed E-state index contributed by atoms with van der Waals surface area (Å²) in [6.45, 7) is 3.73. The zero-order valence-corrected chi connectivity index (χ0v) is 18.5. The molecule has 0 saturated carbocycles. The van der Waals surface area contributed by atoms with Crippen LogP contribution in [0, 0.1) is 6.92 Å². The van der Waals surface area contributed by atoms with Gasteiger partial charge < -0.3 is 16.4 Å². The zero-order valence-electron chi connectivity index (χ0n) is 18.5. The van der Waals surface area contributed by atoms with Crippen molar-refractivity contribution in [3.05, 3.63) is 71.4 Å². The number of benzene rings is 2. The predicted molar refractivity (Wildman–Crippen MR) is 128 cm³/mol. The summed E-state index contributed by atoms with van der Waals surface area (Å²) in [7, 11) is 0. The average Bonchev–Trinajstić information content (AvgIpc) is 2.80. The molecule has 2 aromatic carbocycles. The minimum atomic E-state index is -0.624. The number of rotatable bonds is 7. The molecule has 0 bridgehead atoms. The lowest BCUT2D eigenvalue weighted by molar-refractivity contribution is 0.0750. The van der Waals surface area contributed by atoms with Crippen LogP contribution in [0.15, 0.2) is 54.7 Å². The van der Waals surface area contributed by atoms with Crippen molar-refractivity contribution in [1.82, 2.24) is 20.4 Å². The molecule has 2 amide bonds. The number of aromatic nitrogens is 2. The maximum absolute atomic E-state index is 12.5. The fraction of sp³-hybridized carbons (Fsp3) is 0.250. The second-order valence-corrected chi connectivity index (χ2v) is 8.01. The van der Waals surface area contributed by atoms with Crippen molar-refractivity contribution in [3.8, 4) is 0 Å². The molecule has 1 saturated heterocycles. The molecular formula is C24H27N7O2. The zero-order chi connectivity index (χ0) is 23.2. The maximum Gasteiger partial charge on any atom is 0.265 e. The molecule has 1 aromatic heterocycles. The van der Waals surface area contributed by atoms with Crippen molar-refractivity contribution in [2.24, 2.45) is 5.73 Å². The van der Waals surface area contributed by atoms with Crippen LogP contribution < -0.4 is 21.8 Å². The molecule has 33 heavy (non-hydrogen) atoms. The molecule has 1 aliphatic rings. The fourth-order valence-electron chi connectivity index (χ4n) is 3.63. The largest absolute Gasteiger partial charge is 0.365 e. The Kier molecular flexibility index (Phi) is 6.80. The van der Waals surface area contributed by atoms with Gasteiger partial charge >= 0.3 is 0 Å². The molecule has 1 aliphatic heterocycles. The van der Waals surface area contributed by atoms with Crippen molar-refractivity contribution >= 4 is 35.0 Å². The SMILES string of the molecule is Cc1cccc(Nc2nc(Nc3ccc(C(=O)NN4CCCCC4)cc3)ncc2C(N)=O)c1. The number of nitrogens with one attached hydrogen (secondary N) is 3. The highest BCUT2D eigenvalue weighted by atomic mass is 16.2. The number of amides is 2. The third-order valence-electron chi connectivity index (χ3n) is 5.35. The van der Waals surface area contributed by atoms with Gasteiger partial charge in [-0.15, -0.1) is 0 Å². The van der Waals surface area contributed by atoms with E-state index in [1.807, 2.05) is 36.2 Å². The van der Waals surface area contributed by atoms with Gasteiger partial charge in [0.05, 0.1) is 0 Å². The number of carbonyl (C=O) groups is 2. The average molecular weight is 446 g/mol. The second kappa shape index (κ2) is 10.1. The lowest BCUT2D eigenvalue weighted by Crippen LogP contribution is -2.45. The monoisotopic (exact) mass is 445 g/mol. The van der Waals surface area contributed by atoms with Crippen LogP contribution in [0.25, 0.3) is 0 Å². The van der Waals surface area contributed by atoms with Crippen LogP contribution in [0.1, 0.15) is 45.5 Å². The lowest BCUT2D eigenvalue weighted by Gasteiger charge is -2.26. The molecule has 4 rings (SSSR count). The molecule has 9 nitrogen and oxygen atoms in total. The van der Waals surface area contributed by atoms with Crippen LogP contribution in [0.5, 0.6) is 0 Å². The van der Waals surface area contributed by atoms with Crippen molar-refractivity contribution in [2.45, 2.75) is 26.2 Å². The highest BCUT2D eigenvalue weighted by Crippen LogP contribution is 2.22. The molecule has 9 heteroatoms. The Hall–Kier alpha value is -3.98. The predicted octanol–water partition coefficient (Wildman–Crippen LogP) is 3.50. The van der Waals surface area contributed by atoms with Gasteiger partial charge in [0.1, 0.15) is 11.4 Å². The van der Waals surface area contributed by atoms with E-state index in [9.17, 15) is 9.59 Å². The van der Waals surface area contributed by atoms with Gasteiger partial charge in [-0.1, -0.05) is 18.6 Å². The lowest BCUT2D eigenvalue weighted by atomic mass is 10.1. The summed E-state index contributed by atoms with van der Waals surface area (Å²) in [6, 6.07) is 14.7. The van der Waals surface area contributed by atoms with E-state index in [4.69, 9.17) is 5.73 Å². The number of anilines is 4. The van der Waals surface area contributed by atoms with Crippen LogP contribution >= 0.6 is 0 Å². The topological polar surface area (TPSA) is 125 Å². The highest BCUT2D eigenvalue weighted by molar-refractivity contribution is 5.98. The molecule has 0 aliphatic carbocycles. The molecule has 0 atom stereocenters. The summed E-state index contributed by atoms with van der Waals surface area (Å²) in [6.07, 6.45) is 4.78. The molecule has 0 spiro atoms. The number of carbonyl (C=O) groups excluding carboxylic acids is 2. The first-order valence-corrected chi connectivity index (χ1v) is 10.9. The Morgan fingerprint density at radius 2 is 1.73 bits per heavy atom. The molecule has 0 radical (unpaired) electrons. The first kappa shape index (κ1) is 22.2. The van der Waals surface area contributed by atoms with Crippen LogP contribution in [0.3, 0.4) is 0 Å². The Labute approximate surface area is 192 Å². The van der Waals surface area contributed by atoms with Crippen LogP contribution in [0.4, 0.5) is 23.1 Å². The van der Waals surface area contributed by atoms with Crippen molar-refractivity contribution in [1.29, 1.82) is 0 Å². The van der Waals surface area contributed by atoms with E-state index < -0.39 is 5.91 Å². The Morgan fingerprint density at radius 1 is 0.970 bits per heavy atom. The minimum absolute atomic E-state index is 0.129. The molecule has 2 heterocycles. The van der Waals surface area contributed by atoms with E-state index in [-0.39, 0.29) is 11.5 Å². The molecule has 3 aromatic rings. The van der Waals surface area contributed by atoms with Gasteiger partial charge in [0.2, 0.25) is 5.95 Å². The number of hydrogen-bond acceptors (Lipinski definition) is 7. The first-order valence-electron chi connectivity index (χ1n) is 10.9. The fourth-order valence-corrected chi connectivity index (χ4v) is 3.63. The minimum Gasteiger partial charge on any atom is -0.365 e. The number of nitrogens with zero attached hydrogens (tertiary/aromatic N) is 3. The number of primary amides is 1. The summed E-state index contributed by atoms with van der Waals surface area (Å²) >= 11 is 0. The van der Waals surface area contributed by atoms with E-state index in [2.05, 4.69) is 26.0 Å². The quantitative estimate of drug-likeness (QED) is 0.439. The van der Waals surface area contributed by atoms with E-state index in [0.29, 0.717) is 23.0 Å². The van der Waals surface area contributed by atoms with E-state index >= 15 is 0 Å². The third kappa shape index (κ3) is 5.83. The Morgan fingerprint density at radius 3 is 2.42 bits per heavy atom. The molecule has 170 valence electrons. The molecule has 0 unspecified atom stereocenters. The van der Waals surface area contributed by atoms with Gasteiger partial charge in [-0.2, -0.15) is 4.98 Å². The highest BCUT2D eigenvalue weighted by Gasteiger charge is 2.15. The maximum atomic E-state index is 12.5. The standard InChI is InChI=1S/C24H27N7O2/c1-16-6-5-7-19(14-16)27-22-20(21(25)32)15-26-24(29-22)28-18-10-8-17(9-11-18)23(33)30-31-12-3-2-4-13-31/h5-11,14-15H,2-4,12-13H2,1H3,(H2,25,32)(H,30,33)(H2,26,27,28,29). The van der Waals surface area contributed by atoms with Gasteiger partial charge in [-0.25, -0.2) is 9.99 Å². The van der Waals surface area contributed by atoms with E-state index in [1.165, 1.54) is 12.6 Å². The molecule has 5 N–H and O–H groups in total. The van der Waals surface area contributed by atoms with Crippen molar-refractivity contribution < 1.29 is 9.59 Å². The van der Waals surface area contributed by atoms with Crippen LogP contribution in [-0.4, -0.2) is 39.9 Å². The summed E-state index contributed by atoms with van der Waals surface area (Å²) in [5, 5.41) is 8.20. The summed E-state index contributed by atoms with van der Waals surface area (Å²) in [5.74, 6) is -0.153. The summed E-state index contributed by atoms with van der Waals surface area (Å²) in [4.78, 5) is 32.9. The first-order chi connectivity index (χ1) is 16.0. The van der Waals surface area contributed by atoms with Gasteiger partial charge in [0.15, 0.2) is 0 Å². The molecule has 1 fully saturated rings. The third-order valence-corrected chi connectivity index (χ3v) is 5.35. The number of piperidine rings is 1. The summed E-state index contributed by atoms with van der Waals surface area (Å²) in [5.41, 5.74) is 11.8. The summed E-state index contributed by atoms with van der Waals surface area (Å²) < 4.78 is 0. The number of hydrogen-bond donors (Lipinski definition) is 4. The van der Waals surface area contributed by atoms with Crippen LogP contribution in [0.2, 0.25) is 0 Å². The van der Waals surface area contributed by atoms with Crippen molar-refractivity contribution in [3.63, 3.8) is 0 Å².